The van der Waals surface area contributed by atoms with Gasteiger partial charge in [0.25, 0.3) is 0 Å². The zero-order valence-electron chi connectivity index (χ0n) is 11.3. The van der Waals surface area contributed by atoms with E-state index in [1.165, 1.54) is 24.3 Å². The Bertz CT molecular complexity index is 761. The Balaban J connectivity index is 2.07. The molecule has 0 spiro atoms. The van der Waals surface area contributed by atoms with Crippen LogP contribution in [-0.2, 0) is 4.79 Å². The lowest BCUT2D eigenvalue weighted by Gasteiger charge is -2.11. The molecule has 0 aliphatic rings. The first-order valence-corrected chi connectivity index (χ1v) is 7.64. The Hall–Kier alpha value is -1.46. The number of halogens is 4. The van der Waals surface area contributed by atoms with Crippen LogP contribution >= 0.6 is 46.4 Å². The fraction of sp³-hybridized carbons (Fsp3) is 0.0667. The molecule has 2 aromatic carbocycles. The van der Waals surface area contributed by atoms with Gasteiger partial charge in [0.15, 0.2) is 18.6 Å². The van der Waals surface area contributed by atoms with Gasteiger partial charge in [0.2, 0.25) is 0 Å². The SMILES string of the molecule is O=Cc1cc(Cl)cc(Cl)c1OC(=O)COc1ccc(Cl)cc1Cl. The zero-order valence-corrected chi connectivity index (χ0v) is 14.3. The molecule has 0 fully saturated rings. The molecule has 0 bridgehead atoms. The standard InChI is InChI=1S/C15H8Cl4O4/c16-9-1-2-13(11(18)4-9)22-7-14(21)23-15-8(6-20)3-10(17)5-12(15)19/h1-6H,7H2. The van der Waals surface area contributed by atoms with Crippen molar-refractivity contribution in [2.45, 2.75) is 0 Å². The number of benzene rings is 2. The highest BCUT2D eigenvalue weighted by Gasteiger charge is 2.15. The molecule has 0 radical (unpaired) electrons. The van der Waals surface area contributed by atoms with Gasteiger partial charge in [-0.05, 0) is 30.3 Å². The Morgan fingerprint density at radius 1 is 1.00 bits per heavy atom. The average Bonchev–Trinajstić information content (AvgIpc) is 2.48. The first-order valence-electron chi connectivity index (χ1n) is 6.13. The Kier molecular flexibility index (Phi) is 6.13. The topological polar surface area (TPSA) is 52.6 Å². The molecule has 0 N–H and O–H groups in total. The van der Waals surface area contributed by atoms with Crippen LogP contribution in [-0.4, -0.2) is 18.9 Å². The smallest absolute Gasteiger partial charge is 0.349 e. The Morgan fingerprint density at radius 2 is 1.70 bits per heavy atom. The number of carbonyl (C=O) groups is 2. The van der Waals surface area contributed by atoms with E-state index in [2.05, 4.69) is 0 Å². The molecule has 2 rings (SSSR count). The molecule has 4 nitrogen and oxygen atoms in total. The van der Waals surface area contributed by atoms with Crippen LogP contribution in [0.4, 0.5) is 0 Å². The van der Waals surface area contributed by atoms with Crippen LogP contribution in [0.15, 0.2) is 30.3 Å². The van der Waals surface area contributed by atoms with E-state index in [1.54, 1.807) is 6.07 Å². The number of aldehydes is 1. The van der Waals surface area contributed by atoms with Crippen molar-refractivity contribution in [1.82, 2.24) is 0 Å². The largest absolute Gasteiger partial charge is 0.480 e. The maximum atomic E-state index is 11.8. The van der Waals surface area contributed by atoms with Crippen molar-refractivity contribution in [1.29, 1.82) is 0 Å². The van der Waals surface area contributed by atoms with Crippen molar-refractivity contribution in [2.24, 2.45) is 0 Å². The summed E-state index contributed by atoms with van der Waals surface area (Å²) < 4.78 is 10.3. The second-order valence-corrected chi connectivity index (χ2v) is 5.95. The normalized spacial score (nSPS) is 10.3. The number of ether oxygens (including phenoxy) is 2. The van der Waals surface area contributed by atoms with Gasteiger partial charge in [0.1, 0.15) is 5.75 Å². The molecule has 8 heteroatoms. The molecular formula is C15H8Cl4O4. The summed E-state index contributed by atoms with van der Waals surface area (Å²) in [5.41, 5.74) is 0.0559. The third-order valence-electron chi connectivity index (χ3n) is 2.62. The average molecular weight is 394 g/mol. The van der Waals surface area contributed by atoms with E-state index in [9.17, 15) is 9.59 Å². The number of esters is 1. The lowest BCUT2D eigenvalue weighted by atomic mass is 10.2. The van der Waals surface area contributed by atoms with Crippen LogP contribution in [0.1, 0.15) is 10.4 Å². The maximum absolute atomic E-state index is 11.8. The van der Waals surface area contributed by atoms with Gasteiger partial charge in [-0.15, -0.1) is 0 Å². The molecule has 0 aliphatic heterocycles. The second-order valence-electron chi connectivity index (χ2n) is 4.26. The van der Waals surface area contributed by atoms with Crippen LogP contribution in [0, 0.1) is 0 Å². The predicted octanol–water partition coefficient (Wildman–Crippen LogP) is 5.10. The van der Waals surface area contributed by atoms with Crippen LogP contribution in [0.25, 0.3) is 0 Å². The first-order chi connectivity index (χ1) is 10.9. The fourth-order valence-corrected chi connectivity index (χ4v) is 2.66. The summed E-state index contributed by atoms with van der Waals surface area (Å²) in [6, 6.07) is 7.25. The monoisotopic (exact) mass is 392 g/mol. The number of rotatable bonds is 5. The van der Waals surface area contributed by atoms with Crippen LogP contribution in [0.5, 0.6) is 11.5 Å². The summed E-state index contributed by atoms with van der Waals surface area (Å²) in [6.07, 6.45) is 0.483. The highest BCUT2D eigenvalue weighted by molar-refractivity contribution is 6.36. The van der Waals surface area contributed by atoms with Gasteiger partial charge in [0, 0.05) is 10.0 Å². The highest BCUT2D eigenvalue weighted by Crippen LogP contribution is 2.32. The quantitative estimate of drug-likeness (QED) is 0.403. The van der Waals surface area contributed by atoms with Gasteiger partial charge in [-0.1, -0.05) is 46.4 Å². The Labute approximate surface area is 151 Å². The summed E-state index contributed by atoms with van der Waals surface area (Å²) in [5, 5.41) is 0.982. The molecule has 0 atom stereocenters. The summed E-state index contributed by atoms with van der Waals surface area (Å²) in [5.74, 6) is -0.573. The summed E-state index contributed by atoms with van der Waals surface area (Å²) in [6.45, 7) is -0.432. The fourth-order valence-electron chi connectivity index (χ4n) is 1.65. The van der Waals surface area contributed by atoms with Gasteiger partial charge in [0.05, 0.1) is 15.6 Å². The van der Waals surface area contributed by atoms with Crippen LogP contribution in [0.3, 0.4) is 0 Å². The van der Waals surface area contributed by atoms with E-state index in [0.29, 0.717) is 11.3 Å². The van der Waals surface area contributed by atoms with Crippen molar-refractivity contribution in [3.8, 4) is 11.5 Å². The summed E-state index contributed by atoms with van der Waals surface area (Å²) in [4.78, 5) is 22.8. The third kappa shape index (κ3) is 4.75. The maximum Gasteiger partial charge on any atom is 0.349 e. The van der Waals surface area contributed by atoms with Crippen LogP contribution in [0.2, 0.25) is 20.1 Å². The molecule has 0 aromatic heterocycles. The lowest BCUT2D eigenvalue weighted by Crippen LogP contribution is -2.18. The van der Waals surface area contributed by atoms with Gasteiger partial charge >= 0.3 is 5.97 Å². The van der Waals surface area contributed by atoms with E-state index >= 15 is 0 Å². The van der Waals surface area contributed by atoms with Gasteiger partial charge < -0.3 is 9.47 Å². The van der Waals surface area contributed by atoms with Crippen molar-refractivity contribution in [2.75, 3.05) is 6.61 Å². The first kappa shape index (κ1) is 17.9. The van der Waals surface area contributed by atoms with E-state index in [-0.39, 0.29) is 32.1 Å². The van der Waals surface area contributed by atoms with Crippen molar-refractivity contribution < 1.29 is 19.1 Å². The molecule has 0 unspecified atom stereocenters. The zero-order chi connectivity index (χ0) is 17.0. The predicted molar refractivity (Wildman–Crippen MR) is 89.4 cm³/mol. The van der Waals surface area contributed by atoms with Crippen molar-refractivity contribution in [3.05, 3.63) is 56.0 Å². The van der Waals surface area contributed by atoms with E-state index < -0.39 is 12.6 Å². The number of hydrogen-bond acceptors (Lipinski definition) is 4. The molecule has 0 amide bonds. The minimum Gasteiger partial charge on any atom is -0.480 e. The van der Waals surface area contributed by atoms with E-state index in [1.807, 2.05) is 0 Å². The van der Waals surface area contributed by atoms with E-state index in [0.717, 1.165) is 0 Å². The molecule has 23 heavy (non-hydrogen) atoms. The third-order valence-corrected chi connectivity index (χ3v) is 3.65. The van der Waals surface area contributed by atoms with E-state index in [4.69, 9.17) is 55.9 Å². The lowest BCUT2D eigenvalue weighted by molar-refractivity contribution is -0.136. The molecule has 0 saturated heterocycles. The molecule has 0 heterocycles. The van der Waals surface area contributed by atoms with Crippen molar-refractivity contribution >= 4 is 58.7 Å². The summed E-state index contributed by atoms with van der Waals surface area (Å²) in [7, 11) is 0. The molecular weight excluding hydrogens is 386 g/mol. The second kappa shape index (κ2) is 7.88. The molecule has 0 saturated carbocycles. The molecule has 2 aromatic rings. The summed E-state index contributed by atoms with van der Waals surface area (Å²) >= 11 is 23.4. The molecule has 120 valence electrons. The van der Waals surface area contributed by atoms with Gasteiger partial charge in [-0.2, -0.15) is 0 Å². The Morgan fingerprint density at radius 3 is 2.35 bits per heavy atom. The van der Waals surface area contributed by atoms with Crippen molar-refractivity contribution in [3.63, 3.8) is 0 Å². The minimum atomic E-state index is -0.761. The minimum absolute atomic E-state index is 0.0393. The van der Waals surface area contributed by atoms with Gasteiger partial charge in [-0.25, -0.2) is 4.79 Å². The highest BCUT2D eigenvalue weighted by atomic mass is 35.5. The molecule has 0 aliphatic carbocycles. The van der Waals surface area contributed by atoms with Crippen LogP contribution < -0.4 is 9.47 Å². The van der Waals surface area contributed by atoms with Gasteiger partial charge in [-0.3, -0.25) is 4.79 Å². The number of carbonyl (C=O) groups excluding carboxylic acids is 2. The number of hydrogen-bond donors (Lipinski definition) is 0.